The first kappa shape index (κ1) is 17.2. The molecule has 0 radical (unpaired) electrons. The van der Waals surface area contributed by atoms with E-state index in [9.17, 15) is 0 Å². The molecule has 0 N–H and O–H groups in total. The average Bonchev–Trinajstić information content (AvgIpc) is 3.00. The van der Waals surface area contributed by atoms with Crippen LogP contribution in [0.2, 0.25) is 13.1 Å². The summed E-state index contributed by atoms with van der Waals surface area (Å²) in [5.41, 5.74) is 4.75. The molecule has 0 amide bonds. The Bertz CT molecular complexity index is 885. The number of nitrogens with zero attached hydrogens (tertiary/aromatic N) is 3. The summed E-state index contributed by atoms with van der Waals surface area (Å²) >= 11 is 0. The maximum Gasteiger partial charge on any atom is 0.229 e. The van der Waals surface area contributed by atoms with E-state index in [4.69, 9.17) is 9.42 Å². The Labute approximate surface area is 150 Å². The summed E-state index contributed by atoms with van der Waals surface area (Å²) in [6.45, 7) is 6.39. The van der Waals surface area contributed by atoms with E-state index in [2.05, 4.69) is 49.3 Å². The molecule has 0 saturated carbocycles. The van der Waals surface area contributed by atoms with Crippen LogP contribution in [0.5, 0.6) is 5.75 Å². The molecule has 3 aromatic rings. The molecule has 0 aliphatic carbocycles. The summed E-state index contributed by atoms with van der Waals surface area (Å²) in [5.74, 6) is 0.853. The molecule has 5 heteroatoms. The van der Waals surface area contributed by atoms with Gasteiger partial charge in [0.05, 0.1) is 12.0 Å². The second-order valence-corrected chi connectivity index (χ2v) is 8.72. The van der Waals surface area contributed by atoms with E-state index in [1.165, 1.54) is 5.56 Å². The van der Waals surface area contributed by atoms with Crippen LogP contribution in [0, 0.1) is 6.92 Å². The van der Waals surface area contributed by atoms with Crippen LogP contribution >= 0.6 is 0 Å². The van der Waals surface area contributed by atoms with Gasteiger partial charge in [0.2, 0.25) is 9.04 Å². The Morgan fingerprint density at radius 3 is 2.52 bits per heavy atom. The maximum absolute atomic E-state index is 6.11. The van der Waals surface area contributed by atoms with E-state index < -0.39 is 9.04 Å². The zero-order valence-corrected chi connectivity index (χ0v) is 16.3. The van der Waals surface area contributed by atoms with Crippen LogP contribution in [0.4, 0.5) is 5.69 Å². The summed E-state index contributed by atoms with van der Waals surface area (Å²) in [5, 5.41) is 0. The summed E-state index contributed by atoms with van der Waals surface area (Å²) in [6, 6.07) is 16.3. The minimum atomic E-state index is -1.22. The molecule has 0 spiro atoms. The third-order valence-corrected chi connectivity index (χ3v) is 4.43. The van der Waals surface area contributed by atoms with Crippen LogP contribution < -0.4 is 4.43 Å². The number of hydrogen-bond donors (Lipinski definition) is 0. The van der Waals surface area contributed by atoms with Crippen molar-refractivity contribution in [2.24, 2.45) is 12.0 Å². The summed E-state index contributed by atoms with van der Waals surface area (Å²) < 4.78 is 8.04. The highest BCUT2D eigenvalue weighted by Gasteiger charge is 2.13. The van der Waals surface area contributed by atoms with Gasteiger partial charge in [0.15, 0.2) is 0 Å². The fraction of sp³-hybridized carbons (Fsp3) is 0.200. The molecule has 1 heterocycles. The Balaban J connectivity index is 2.14. The molecule has 0 atom stereocenters. The molecule has 0 unspecified atom stereocenters. The number of rotatable bonds is 5. The Morgan fingerprint density at radius 1 is 1.12 bits per heavy atom. The molecule has 4 nitrogen and oxygen atoms in total. The highest BCUT2D eigenvalue weighted by molar-refractivity contribution is 6.49. The van der Waals surface area contributed by atoms with Gasteiger partial charge < -0.3 is 8.99 Å². The van der Waals surface area contributed by atoms with Gasteiger partial charge in [0.25, 0.3) is 0 Å². The number of aromatic nitrogens is 2. The van der Waals surface area contributed by atoms with Crippen molar-refractivity contribution in [3.8, 4) is 5.75 Å². The zero-order valence-electron chi connectivity index (χ0n) is 15.1. The lowest BCUT2D eigenvalue weighted by Crippen LogP contribution is -2.11. The van der Waals surface area contributed by atoms with E-state index in [-0.39, 0.29) is 0 Å². The van der Waals surface area contributed by atoms with Crippen molar-refractivity contribution in [1.82, 2.24) is 9.55 Å². The fourth-order valence-corrected chi connectivity index (χ4v) is 3.28. The Hall–Kier alpha value is -2.66. The molecule has 1 aromatic heterocycles. The van der Waals surface area contributed by atoms with Gasteiger partial charge in [0, 0.05) is 18.8 Å². The molecule has 3 rings (SSSR count). The van der Waals surface area contributed by atoms with Crippen molar-refractivity contribution in [2.75, 3.05) is 0 Å². The van der Waals surface area contributed by atoms with Gasteiger partial charge in [0.1, 0.15) is 17.1 Å². The number of benzene rings is 2. The van der Waals surface area contributed by atoms with E-state index in [1.54, 1.807) is 6.33 Å². The number of hydrogen-bond acceptors (Lipinski definition) is 3. The number of imidazole rings is 1. The lowest BCUT2D eigenvalue weighted by molar-refractivity contribution is 0.581. The fourth-order valence-electron chi connectivity index (χ4n) is 2.58. The third-order valence-electron chi connectivity index (χ3n) is 3.70. The highest BCUT2D eigenvalue weighted by Crippen LogP contribution is 2.30. The van der Waals surface area contributed by atoms with Crippen molar-refractivity contribution in [2.45, 2.75) is 20.0 Å². The van der Waals surface area contributed by atoms with Crippen molar-refractivity contribution in [3.63, 3.8) is 0 Å². The SMILES string of the molecule is Cc1ccc(N=C(c2ccccc2)c2cn(C)cn2)c(O[SiH](C)C)c1. The molecule has 0 aliphatic rings. The topological polar surface area (TPSA) is 39.4 Å². The smallest absolute Gasteiger partial charge is 0.229 e. The highest BCUT2D eigenvalue weighted by atomic mass is 28.3. The van der Waals surface area contributed by atoms with Crippen LogP contribution in [0.25, 0.3) is 0 Å². The Kier molecular flexibility index (Phi) is 5.14. The quantitative estimate of drug-likeness (QED) is 0.510. The first-order valence-electron chi connectivity index (χ1n) is 8.42. The minimum absolute atomic E-state index is 0.844. The van der Waals surface area contributed by atoms with E-state index >= 15 is 0 Å². The lowest BCUT2D eigenvalue weighted by atomic mass is 10.1. The number of aryl methyl sites for hydroxylation is 2. The first-order valence-corrected chi connectivity index (χ1v) is 11.2. The predicted octanol–water partition coefficient (Wildman–Crippen LogP) is 4.26. The maximum atomic E-state index is 6.11. The van der Waals surface area contributed by atoms with Crippen LogP contribution in [0.3, 0.4) is 0 Å². The third kappa shape index (κ3) is 4.25. The minimum Gasteiger partial charge on any atom is -0.546 e. The van der Waals surface area contributed by atoms with Crippen molar-refractivity contribution >= 4 is 20.4 Å². The van der Waals surface area contributed by atoms with Gasteiger partial charge in [-0.05, 0) is 37.7 Å². The van der Waals surface area contributed by atoms with Crippen molar-refractivity contribution < 1.29 is 4.43 Å². The van der Waals surface area contributed by atoms with E-state index in [0.29, 0.717) is 0 Å². The summed E-state index contributed by atoms with van der Waals surface area (Å²) in [4.78, 5) is 9.44. The largest absolute Gasteiger partial charge is 0.546 e. The summed E-state index contributed by atoms with van der Waals surface area (Å²) in [7, 11) is 0.739. The average molecular weight is 350 g/mol. The molecule has 0 aliphatic heterocycles. The molecule has 128 valence electrons. The zero-order chi connectivity index (χ0) is 17.8. The van der Waals surface area contributed by atoms with Gasteiger partial charge in [-0.2, -0.15) is 0 Å². The lowest BCUT2D eigenvalue weighted by Gasteiger charge is -2.14. The van der Waals surface area contributed by atoms with Gasteiger partial charge in [-0.3, -0.25) is 0 Å². The van der Waals surface area contributed by atoms with Crippen LogP contribution in [-0.4, -0.2) is 24.3 Å². The predicted molar refractivity (Wildman–Crippen MR) is 106 cm³/mol. The molecular weight excluding hydrogens is 326 g/mol. The summed E-state index contributed by atoms with van der Waals surface area (Å²) in [6.07, 6.45) is 3.78. The van der Waals surface area contributed by atoms with Crippen LogP contribution in [-0.2, 0) is 7.05 Å². The van der Waals surface area contributed by atoms with Gasteiger partial charge in [-0.15, -0.1) is 0 Å². The van der Waals surface area contributed by atoms with Gasteiger partial charge in [-0.1, -0.05) is 36.4 Å². The second-order valence-electron chi connectivity index (χ2n) is 6.39. The van der Waals surface area contributed by atoms with Crippen molar-refractivity contribution in [3.05, 3.63) is 77.9 Å². The molecule has 0 saturated heterocycles. The van der Waals surface area contributed by atoms with Gasteiger partial charge in [-0.25, -0.2) is 9.98 Å². The molecular formula is C20H23N3OSi. The molecule has 0 bridgehead atoms. The van der Waals surface area contributed by atoms with Crippen molar-refractivity contribution in [1.29, 1.82) is 0 Å². The van der Waals surface area contributed by atoms with E-state index in [1.807, 2.05) is 42.1 Å². The standard InChI is InChI=1S/C20H23N3OSi/c1-15-10-11-17(19(12-15)24-25(3)4)22-20(16-8-6-5-7-9-16)18-13-23(2)14-21-18/h5-14,25H,1-4H3. The Morgan fingerprint density at radius 2 is 1.88 bits per heavy atom. The van der Waals surface area contributed by atoms with E-state index in [0.717, 1.165) is 28.4 Å². The van der Waals surface area contributed by atoms with Gasteiger partial charge >= 0.3 is 0 Å². The van der Waals surface area contributed by atoms with Crippen LogP contribution in [0.1, 0.15) is 16.8 Å². The first-order chi connectivity index (χ1) is 12.0. The molecule has 2 aromatic carbocycles. The monoisotopic (exact) mass is 349 g/mol. The molecule has 0 fully saturated rings. The normalized spacial score (nSPS) is 11.8. The number of aliphatic imine (C=N–C) groups is 1. The van der Waals surface area contributed by atoms with Crippen LogP contribution in [0.15, 0.2) is 66.0 Å². The second kappa shape index (κ2) is 7.48. The molecule has 25 heavy (non-hydrogen) atoms.